The second-order valence-electron chi connectivity index (χ2n) is 2.37. The van der Waals surface area contributed by atoms with Gasteiger partial charge in [0.2, 0.25) is 0 Å². The van der Waals surface area contributed by atoms with E-state index in [1.54, 1.807) is 0 Å². The minimum Gasteiger partial charge on any atom is -0.333 e. The van der Waals surface area contributed by atoms with Crippen LogP contribution >= 0.6 is 0 Å². The molecule has 7 heavy (non-hydrogen) atoms. The van der Waals surface area contributed by atoms with Crippen molar-refractivity contribution in [1.29, 1.82) is 0 Å². The van der Waals surface area contributed by atoms with E-state index < -0.39 is 0 Å². The molecule has 0 atom stereocenters. The highest BCUT2D eigenvalue weighted by Gasteiger charge is 1.95. The van der Waals surface area contributed by atoms with Crippen LogP contribution in [-0.4, -0.2) is 12.6 Å². The standard InChI is InChI=1S/C4H11N.CH5N/c1-4(2,3)5;1-2/h5H2,1-3H3;2H2,1H3. The quantitative estimate of drug-likeness (QED) is 0.465. The second-order valence-corrected chi connectivity index (χ2v) is 2.37. The van der Waals surface area contributed by atoms with Crippen LogP contribution in [0.5, 0.6) is 0 Å². The van der Waals surface area contributed by atoms with Gasteiger partial charge in [-0.3, -0.25) is 0 Å². The molecular weight excluding hydrogens is 88.1 g/mol. The van der Waals surface area contributed by atoms with Crippen LogP contribution < -0.4 is 11.5 Å². The van der Waals surface area contributed by atoms with Crippen molar-refractivity contribution in [3.05, 3.63) is 0 Å². The van der Waals surface area contributed by atoms with Crippen LogP contribution in [0.3, 0.4) is 0 Å². The molecule has 0 aliphatic carbocycles. The maximum Gasteiger partial charge on any atom is 0.00686 e. The van der Waals surface area contributed by atoms with E-state index >= 15 is 0 Å². The van der Waals surface area contributed by atoms with Crippen LogP contribution in [0.15, 0.2) is 0 Å². The summed E-state index contributed by atoms with van der Waals surface area (Å²) in [5, 5.41) is 0. The number of hydrogen-bond acceptors (Lipinski definition) is 2. The third kappa shape index (κ3) is 14200. The Bertz CT molecular complexity index is 21.6. The Balaban J connectivity index is 0. The molecule has 0 aliphatic rings. The van der Waals surface area contributed by atoms with Crippen LogP contribution in [0.25, 0.3) is 0 Å². The Kier molecular flexibility index (Phi) is 5.85. The summed E-state index contributed by atoms with van der Waals surface area (Å²) in [6, 6.07) is 0. The molecule has 0 aromatic carbocycles. The Labute approximate surface area is 45.9 Å². The highest BCUT2D eigenvalue weighted by atomic mass is 14.7. The molecule has 0 aliphatic heterocycles. The van der Waals surface area contributed by atoms with Gasteiger partial charge in [0, 0.05) is 5.54 Å². The predicted octanol–water partition coefficient (Wildman–Crippen LogP) is 0.319. The Morgan fingerprint density at radius 2 is 1.00 bits per heavy atom. The molecule has 46 valence electrons. The van der Waals surface area contributed by atoms with Gasteiger partial charge < -0.3 is 11.5 Å². The van der Waals surface area contributed by atoms with Crippen molar-refractivity contribution in [3.8, 4) is 0 Å². The number of nitrogens with two attached hydrogens (primary N) is 2. The van der Waals surface area contributed by atoms with Gasteiger partial charge in [0.15, 0.2) is 0 Å². The smallest absolute Gasteiger partial charge is 0.00686 e. The lowest BCUT2D eigenvalue weighted by molar-refractivity contribution is 0.580. The fourth-order valence-corrected chi connectivity index (χ4v) is 0. The van der Waals surface area contributed by atoms with Crippen molar-refractivity contribution >= 4 is 0 Å². The summed E-state index contributed by atoms with van der Waals surface area (Å²) in [5.41, 5.74) is 9.85. The Morgan fingerprint density at radius 1 is 1.00 bits per heavy atom. The minimum atomic E-state index is 0. The van der Waals surface area contributed by atoms with Gasteiger partial charge in [0.25, 0.3) is 0 Å². The zero-order valence-electron chi connectivity index (χ0n) is 5.65. The molecule has 0 radical (unpaired) electrons. The van der Waals surface area contributed by atoms with Crippen molar-refractivity contribution < 1.29 is 0 Å². The van der Waals surface area contributed by atoms with Gasteiger partial charge in [0.05, 0.1) is 0 Å². The molecule has 0 spiro atoms. The maximum absolute atomic E-state index is 5.35. The third-order valence-corrected chi connectivity index (χ3v) is 0. The lowest BCUT2D eigenvalue weighted by atomic mass is 10.1. The lowest BCUT2D eigenvalue weighted by Crippen LogP contribution is -2.26. The normalized spacial score (nSPS) is 9.43. The van der Waals surface area contributed by atoms with Crippen molar-refractivity contribution in [2.24, 2.45) is 11.5 Å². The summed E-state index contributed by atoms with van der Waals surface area (Å²) in [6.07, 6.45) is 0. The molecule has 0 fully saturated rings. The van der Waals surface area contributed by atoms with E-state index in [0.717, 1.165) is 0 Å². The Hall–Kier alpha value is -0.0800. The van der Waals surface area contributed by atoms with Crippen molar-refractivity contribution in [1.82, 2.24) is 0 Å². The van der Waals surface area contributed by atoms with Gasteiger partial charge in [-0.25, -0.2) is 0 Å². The number of rotatable bonds is 0. The molecule has 0 unspecified atom stereocenters. The van der Waals surface area contributed by atoms with E-state index in [9.17, 15) is 0 Å². The van der Waals surface area contributed by atoms with Crippen LogP contribution in [0.1, 0.15) is 20.8 Å². The number of hydrogen-bond donors (Lipinski definition) is 2. The van der Waals surface area contributed by atoms with E-state index in [-0.39, 0.29) is 5.54 Å². The third-order valence-electron chi connectivity index (χ3n) is 0. The van der Waals surface area contributed by atoms with E-state index in [1.165, 1.54) is 7.05 Å². The van der Waals surface area contributed by atoms with Crippen LogP contribution in [0, 0.1) is 0 Å². The largest absolute Gasteiger partial charge is 0.333 e. The van der Waals surface area contributed by atoms with Crippen LogP contribution in [0.4, 0.5) is 0 Å². The van der Waals surface area contributed by atoms with Crippen molar-refractivity contribution in [3.63, 3.8) is 0 Å². The van der Waals surface area contributed by atoms with E-state index in [4.69, 9.17) is 5.73 Å². The van der Waals surface area contributed by atoms with Gasteiger partial charge >= 0.3 is 0 Å². The first-order chi connectivity index (χ1) is 3.00. The van der Waals surface area contributed by atoms with Crippen molar-refractivity contribution in [2.45, 2.75) is 26.3 Å². The zero-order valence-corrected chi connectivity index (χ0v) is 5.65. The highest BCUT2D eigenvalue weighted by Crippen LogP contribution is 1.88. The van der Waals surface area contributed by atoms with Crippen molar-refractivity contribution in [2.75, 3.05) is 7.05 Å². The highest BCUT2D eigenvalue weighted by molar-refractivity contribution is 4.60. The van der Waals surface area contributed by atoms with Crippen LogP contribution in [0.2, 0.25) is 0 Å². The molecule has 0 heterocycles. The first kappa shape index (κ1) is 10.0. The molecule has 2 heteroatoms. The zero-order chi connectivity index (χ0) is 6.50. The summed E-state index contributed by atoms with van der Waals surface area (Å²) >= 11 is 0. The molecule has 0 amide bonds. The van der Waals surface area contributed by atoms with Gasteiger partial charge in [0.1, 0.15) is 0 Å². The van der Waals surface area contributed by atoms with Gasteiger partial charge in [-0.05, 0) is 27.8 Å². The van der Waals surface area contributed by atoms with Gasteiger partial charge in [-0.2, -0.15) is 0 Å². The van der Waals surface area contributed by atoms with E-state index in [1.807, 2.05) is 20.8 Å². The molecular formula is C5H16N2. The maximum atomic E-state index is 5.35. The molecule has 0 saturated carbocycles. The van der Waals surface area contributed by atoms with Gasteiger partial charge in [-0.15, -0.1) is 0 Å². The fourth-order valence-electron chi connectivity index (χ4n) is 0. The fraction of sp³-hybridized carbons (Fsp3) is 1.00. The minimum absolute atomic E-state index is 0. The van der Waals surface area contributed by atoms with E-state index in [2.05, 4.69) is 5.73 Å². The Morgan fingerprint density at radius 3 is 1.00 bits per heavy atom. The topological polar surface area (TPSA) is 52.0 Å². The molecule has 0 aromatic rings. The molecule has 0 bridgehead atoms. The first-order valence-corrected chi connectivity index (χ1v) is 2.37. The van der Waals surface area contributed by atoms with E-state index in [0.29, 0.717) is 0 Å². The summed E-state index contributed by atoms with van der Waals surface area (Å²) in [5.74, 6) is 0. The lowest BCUT2D eigenvalue weighted by Gasteiger charge is -2.06. The molecule has 0 aromatic heterocycles. The summed E-state index contributed by atoms with van der Waals surface area (Å²) in [7, 11) is 1.50. The molecule has 0 saturated heterocycles. The van der Waals surface area contributed by atoms with Gasteiger partial charge in [-0.1, -0.05) is 0 Å². The second kappa shape index (κ2) is 4.09. The molecule has 0 rings (SSSR count). The predicted molar refractivity (Wildman–Crippen MR) is 34.1 cm³/mol. The first-order valence-electron chi connectivity index (χ1n) is 2.37. The average molecular weight is 104 g/mol. The summed E-state index contributed by atoms with van der Waals surface area (Å²) in [4.78, 5) is 0. The summed E-state index contributed by atoms with van der Waals surface area (Å²) < 4.78 is 0. The summed E-state index contributed by atoms with van der Waals surface area (Å²) in [6.45, 7) is 5.90. The SMILES string of the molecule is CC(C)(C)N.CN. The molecule has 2 nitrogen and oxygen atoms in total. The molecule has 4 N–H and O–H groups in total. The monoisotopic (exact) mass is 104 g/mol. The van der Waals surface area contributed by atoms with Crippen LogP contribution in [-0.2, 0) is 0 Å². The average Bonchev–Trinajstić information content (AvgIpc) is 1.36.